The Bertz CT molecular complexity index is 1220. The number of anilines is 1. The topological polar surface area (TPSA) is 86.8 Å². The van der Waals surface area contributed by atoms with Gasteiger partial charge in [-0.25, -0.2) is 8.42 Å². The lowest BCUT2D eigenvalue weighted by Crippen LogP contribution is -2.50. The highest BCUT2D eigenvalue weighted by Crippen LogP contribution is 2.29. The van der Waals surface area contributed by atoms with Gasteiger partial charge in [-0.1, -0.05) is 53.9 Å². The highest BCUT2D eigenvalue weighted by Gasteiger charge is 2.30. The molecule has 0 aliphatic heterocycles. The van der Waals surface area contributed by atoms with E-state index in [0.29, 0.717) is 38.3 Å². The Kier molecular flexibility index (Phi) is 11.6. The summed E-state index contributed by atoms with van der Waals surface area (Å²) in [4.78, 5) is 28.0. The minimum absolute atomic E-state index is 0.0301. The lowest BCUT2D eigenvalue weighted by molar-refractivity contribution is -0.141. The van der Waals surface area contributed by atoms with Crippen LogP contribution in [0.2, 0.25) is 15.1 Å². The highest BCUT2D eigenvalue weighted by atomic mass is 35.5. The van der Waals surface area contributed by atoms with Gasteiger partial charge in [0.1, 0.15) is 6.04 Å². The van der Waals surface area contributed by atoms with E-state index in [4.69, 9.17) is 34.8 Å². The molecular formula is C26H34Cl3N3O4S. The van der Waals surface area contributed by atoms with Gasteiger partial charge in [0.2, 0.25) is 21.8 Å². The maximum Gasteiger partial charge on any atom is 0.243 e. The second-order valence-electron chi connectivity index (χ2n) is 9.17. The summed E-state index contributed by atoms with van der Waals surface area (Å²) in [6, 6.07) is 9.24. The van der Waals surface area contributed by atoms with Crippen molar-refractivity contribution < 1.29 is 18.0 Å². The fourth-order valence-corrected chi connectivity index (χ4v) is 5.64. The molecule has 11 heteroatoms. The highest BCUT2D eigenvalue weighted by molar-refractivity contribution is 7.92. The number of amides is 2. The summed E-state index contributed by atoms with van der Waals surface area (Å²) in [6.07, 6.45) is 1.79. The number of hydrogen-bond acceptors (Lipinski definition) is 4. The first kappa shape index (κ1) is 31.2. The molecule has 0 fully saturated rings. The molecule has 2 amide bonds. The van der Waals surface area contributed by atoms with Gasteiger partial charge in [-0.05, 0) is 69.0 Å². The molecule has 0 aliphatic rings. The molecule has 2 aromatic carbocycles. The number of sulfonamides is 1. The SMILES string of the molecule is CC[C@@H](C(=O)NC(C)C)N(Cc1ccc(Cl)cc1Cl)C(=O)CCCN(c1cccc(Cl)c1C)S(C)(=O)=O. The number of carbonyl (C=O) groups excluding carboxylic acids is 2. The van der Waals surface area contributed by atoms with E-state index in [1.165, 1.54) is 9.21 Å². The third-order valence-corrected chi connectivity index (χ3v) is 8.01. The number of hydrogen-bond donors (Lipinski definition) is 1. The van der Waals surface area contributed by atoms with Crippen LogP contribution >= 0.6 is 34.8 Å². The molecule has 0 heterocycles. The molecule has 1 N–H and O–H groups in total. The van der Waals surface area contributed by atoms with E-state index in [0.717, 1.165) is 6.26 Å². The van der Waals surface area contributed by atoms with Gasteiger partial charge in [0, 0.05) is 40.6 Å². The summed E-state index contributed by atoms with van der Waals surface area (Å²) < 4.78 is 26.4. The zero-order chi connectivity index (χ0) is 27.9. The van der Waals surface area contributed by atoms with Crippen LogP contribution < -0.4 is 9.62 Å². The first-order chi connectivity index (χ1) is 17.3. The first-order valence-electron chi connectivity index (χ1n) is 12.0. The summed E-state index contributed by atoms with van der Waals surface area (Å²) in [6.45, 7) is 7.48. The van der Waals surface area contributed by atoms with Crippen LogP contribution in [0.1, 0.15) is 51.2 Å². The van der Waals surface area contributed by atoms with E-state index >= 15 is 0 Å². The van der Waals surface area contributed by atoms with Crippen LogP contribution in [0.4, 0.5) is 5.69 Å². The number of rotatable bonds is 12. The van der Waals surface area contributed by atoms with Crippen molar-refractivity contribution in [3.63, 3.8) is 0 Å². The van der Waals surface area contributed by atoms with Crippen molar-refractivity contribution in [3.05, 3.63) is 62.6 Å². The Morgan fingerprint density at radius 1 is 1.05 bits per heavy atom. The number of benzene rings is 2. The molecular weight excluding hydrogens is 557 g/mol. The van der Waals surface area contributed by atoms with E-state index < -0.39 is 16.1 Å². The molecule has 0 saturated carbocycles. The summed E-state index contributed by atoms with van der Waals surface area (Å²) in [7, 11) is -3.63. The van der Waals surface area contributed by atoms with Crippen molar-refractivity contribution in [2.45, 2.75) is 65.6 Å². The van der Waals surface area contributed by atoms with Crippen molar-refractivity contribution in [2.75, 3.05) is 17.1 Å². The molecule has 0 aromatic heterocycles. The van der Waals surface area contributed by atoms with Crippen molar-refractivity contribution >= 4 is 62.3 Å². The van der Waals surface area contributed by atoms with Crippen LogP contribution in [0, 0.1) is 6.92 Å². The standard InChI is InChI=1S/C26H34Cl3N3O4S/c1-6-23(26(34)30-17(2)3)31(16-19-12-13-20(27)15-22(19)29)25(33)11-8-14-32(37(5,35)36)24-10-7-9-21(28)18(24)4/h7,9-10,12-13,15,17,23H,6,8,11,14,16H2,1-5H3,(H,30,34)/t23-/m0/s1. The van der Waals surface area contributed by atoms with Gasteiger partial charge >= 0.3 is 0 Å². The normalized spacial score (nSPS) is 12.4. The summed E-state index contributed by atoms with van der Waals surface area (Å²) in [5.41, 5.74) is 1.76. The number of nitrogens with one attached hydrogen (secondary N) is 1. The first-order valence-corrected chi connectivity index (χ1v) is 15.0. The molecule has 0 unspecified atom stereocenters. The second kappa shape index (κ2) is 13.7. The van der Waals surface area contributed by atoms with Gasteiger partial charge in [0.25, 0.3) is 0 Å². The predicted molar refractivity (Wildman–Crippen MR) is 152 cm³/mol. The Morgan fingerprint density at radius 3 is 2.30 bits per heavy atom. The van der Waals surface area contributed by atoms with E-state index in [-0.39, 0.29) is 43.8 Å². The Morgan fingerprint density at radius 2 is 1.73 bits per heavy atom. The fraction of sp³-hybridized carbons (Fsp3) is 0.462. The molecule has 0 radical (unpaired) electrons. The van der Waals surface area contributed by atoms with Crippen LogP contribution in [0.25, 0.3) is 0 Å². The van der Waals surface area contributed by atoms with Gasteiger partial charge in [-0.15, -0.1) is 0 Å². The molecule has 37 heavy (non-hydrogen) atoms. The van der Waals surface area contributed by atoms with Crippen LogP contribution in [-0.2, 0) is 26.2 Å². The average Bonchev–Trinajstić information content (AvgIpc) is 2.78. The van der Waals surface area contributed by atoms with Crippen LogP contribution in [0.5, 0.6) is 0 Å². The minimum atomic E-state index is -3.63. The maximum atomic E-state index is 13.5. The van der Waals surface area contributed by atoms with Gasteiger partial charge in [0.05, 0.1) is 11.9 Å². The summed E-state index contributed by atoms with van der Waals surface area (Å²) in [5, 5.41) is 4.19. The third-order valence-electron chi connectivity index (χ3n) is 5.83. The monoisotopic (exact) mass is 589 g/mol. The van der Waals surface area contributed by atoms with Gasteiger partial charge in [-0.3, -0.25) is 13.9 Å². The van der Waals surface area contributed by atoms with Gasteiger partial charge in [0.15, 0.2) is 0 Å². The van der Waals surface area contributed by atoms with Crippen LogP contribution in [-0.4, -0.2) is 50.0 Å². The van der Waals surface area contributed by atoms with Crippen molar-refractivity contribution in [1.82, 2.24) is 10.2 Å². The molecule has 0 bridgehead atoms. The van der Waals surface area contributed by atoms with E-state index in [2.05, 4.69) is 5.32 Å². The molecule has 0 saturated heterocycles. The lowest BCUT2D eigenvalue weighted by atomic mass is 10.1. The number of nitrogens with zero attached hydrogens (tertiary/aromatic N) is 2. The summed E-state index contributed by atoms with van der Waals surface area (Å²) in [5.74, 6) is -0.545. The number of carbonyl (C=O) groups is 2. The largest absolute Gasteiger partial charge is 0.352 e. The Hall–Kier alpha value is -2.00. The zero-order valence-electron chi connectivity index (χ0n) is 21.7. The Balaban J connectivity index is 2.29. The van der Waals surface area contributed by atoms with Crippen LogP contribution in [0.15, 0.2) is 36.4 Å². The minimum Gasteiger partial charge on any atom is -0.352 e. The molecule has 7 nitrogen and oxygen atoms in total. The maximum absolute atomic E-state index is 13.5. The molecule has 2 aromatic rings. The molecule has 2 rings (SSSR count). The second-order valence-corrected chi connectivity index (χ2v) is 12.3. The lowest BCUT2D eigenvalue weighted by Gasteiger charge is -2.32. The van der Waals surface area contributed by atoms with Crippen molar-refractivity contribution in [2.24, 2.45) is 0 Å². The predicted octanol–water partition coefficient (Wildman–Crippen LogP) is 5.83. The number of halogens is 3. The van der Waals surface area contributed by atoms with E-state index in [1.54, 1.807) is 43.3 Å². The quantitative estimate of drug-likeness (QED) is 0.337. The van der Waals surface area contributed by atoms with Crippen LogP contribution in [0.3, 0.4) is 0 Å². The molecule has 204 valence electrons. The zero-order valence-corrected chi connectivity index (χ0v) is 24.8. The van der Waals surface area contributed by atoms with Crippen molar-refractivity contribution in [1.29, 1.82) is 0 Å². The molecule has 0 spiro atoms. The fourth-order valence-electron chi connectivity index (χ4n) is 3.98. The average molecular weight is 591 g/mol. The molecule has 0 aliphatic carbocycles. The van der Waals surface area contributed by atoms with E-state index in [1.807, 2.05) is 20.8 Å². The Labute approximate surface area is 235 Å². The summed E-state index contributed by atoms with van der Waals surface area (Å²) >= 11 is 18.6. The van der Waals surface area contributed by atoms with Gasteiger partial charge < -0.3 is 10.2 Å². The smallest absolute Gasteiger partial charge is 0.243 e. The molecule has 1 atom stereocenters. The van der Waals surface area contributed by atoms with Gasteiger partial charge in [-0.2, -0.15) is 0 Å². The third kappa shape index (κ3) is 8.77. The van der Waals surface area contributed by atoms with E-state index in [9.17, 15) is 18.0 Å². The van der Waals surface area contributed by atoms with Crippen molar-refractivity contribution in [3.8, 4) is 0 Å².